The molecule has 1 rings (SSSR count). The lowest BCUT2D eigenvalue weighted by atomic mass is 10.1. The van der Waals surface area contributed by atoms with E-state index in [0.717, 1.165) is 6.42 Å². The molecule has 92 valence electrons. The molecule has 0 saturated carbocycles. The maximum absolute atomic E-state index is 11.6. The highest BCUT2D eigenvalue weighted by Crippen LogP contribution is 2.18. The van der Waals surface area contributed by atoms with Crippen molar-refractivity contribution in [3.05, 3.63) is 0 Å². The molecule has 0 aliphatic carbocycles. The minimum absolute atomic E-state index is 0.0337. The fourth-order valence-electron chi connectivity index (χ4n) is 1.67. The van der Waals surface area contributed by atoms with Gasteiger partial charge >= 0.3 is 5.97 Å². The third kappa shape index (κ3) is 4.18. The summed E-state index contributed by atoms with van der Waals surface area (Å²) in [4.78, 5) is 22.6. The lowest BCUT2D eigenvalue weighted by Gasteiger charge is -2.08. The molecule has 1 heterocycles. The second-order valence-electron chi connectivity index (χ2n) is 3.92. The van der Waals surface area contributed by atoms with Gasteiger partial charge in [-0.1, -0.05) is 0 Å². The van der Waals surface area contributed by atoms with E-state index in [2.05, 4.69) is 5.32 Å². The van der Waals surface area contributed by atoms with Crippen LogP contribution in [0.1, 0.15) is 26.7 Å². The molecule has 1 aliphatic rings. The van der Waals surface area contributed by atoms with Crippen molar-refractivity contribution in [3.8, 4) is 0 Å². The predicted octanol–water partition coefficient (Wildman–Crippen LogP) is 0.481. The summed E-state index contributed by atoms with van der Waals surface area (Å²) in [6, 6.07) is 0. The second-order valence-corrected chi connectivity index (χ2v) is 3.92. The fourth-order valence-corrected chi connectivity index (χ4v) is 1.67. The van der Waals surface area contributed by atoms with Gasteiger partial charge in [0, 0.05) is 6.54 Å². The van der Waals surface area contributed by atoms with Gasteiger partial charge in [0.15, 0.2) is 0 Å². The minimum Gasteiger partial charge on any atom is -0.466 e. The zero-order valence-electron chi connectivity index (χ0n) is 9.82. The molecule has 1 amide bonds. The highest BCUT2D eigenvalue weighted by atomic mass is 16.5. The van der Waals surface area contributed by atoms with Crippen molar-refractivity contribution in [3.63, 3.8) is 0 Å². The Morgan fingerprint density at radius 2 is 2.25 bits per heavy atom. The Morgan fingerprint density at radius 1 is 1.50 bits per heavy atom. The van der Waals surface area contributed by atoms with Crippen LogP contribution < -0.4 is 5.32 Å². The van der Waals surface area contributed by atoms with E-state index in [9.17, 15) is 9.59 Å². The van der Waals surface area contributed by atoms with E-state index in [0.29, 0.717) is 19.8 Å². The van der Waals surface area contributed by atoms with E-state index in [1.807, 2.05) is 6.92 Å². The van der Waals surface area contributed by atoms with Crippen molar-refractivity contribution in [2.24, 2.45) is 5.92 Å². The Hall–Kier alpha value is -1.10. The molecule has 5 heteroatoms. The van der Waals surface area contributed by atoms with E-state index < -0.39 is 0 Å². The molecule has 1 aliphatic heterocycles. The molecular formula is C11H19NO4. The van der Waals surface area contributed by atoms with E-state index in [1.54, 1.807) is 6.92 Å². The Kier molecular flexibility index (Phi) is 5.25. The molecule has 0 aromatic carbocycles. The maximum atomic E-state index is 11.6. The van der Waals surface area contributed by atoms with Crippen molar-refractivity contribution in [1.82, 2.24) is 5.32 Å². The number of amides is 1. The van der Waals surface area contributed by atoms with E-state index in [4.69, 9.17) is 9.47 Å². The minimum atomic E-state index is -0.279. The number of hydrogen-bond donors (Lipinski definition) is 1. The zero-order valence-corrected chi connectivity index (χ0v) is 9.82. The second kappa shape index (κ2) is 6.48. The quantitative estimate of drug-likeness (QED) is 0.696. The van der Waals surface area contributed by atoms with Gasteiger partial charge in [-0.25, -0.2) is 0 Å². The molecule has 5 nitrogen and oxygen atoms in total. The van der Waals surface area contributed by atoms with Crippen LogP contribution in [0, 0.1) is 5.92 Å². The highest BCUT2D eigenvalue weighted by Gasteiger charge is 2.27. The van der Waals surface area contributed by atoms with Gasteiger partial charge in [0.2, 0.25) is 5.91 Å². The van der Waals surface area contributed by atoms with Crippen molar-refractivity contribution in [1.29, 1.82) is 0 Å². The standard InChI is InChI=1S/C11H19NO4/c1-3-15-10(13)4-5-12-11(14)9-6-8(2)16-7-9/h8-9H,3-7H2,1-2H3,(H,12,14). The summed E-state index contributed by atoms with van der Waals surface area (Å²) in [5.74, 6) is -0.385. The number of ether oxygens (including phenoxy) is 2. The van der Waals surface area contributed by atoms with Crippen LogP contribution in [-0.2, 0) is 19.1 Å². The predicted molar refractivity (Wildman–Crippen MR) is 57.8 cm³/mol. The van der Waals surface area contributed by atoms with Gasteiger partial charge in [0.1, 0.15) is 0 Å². The largest absolute Gasteiger partial charge is 0.466 e. The SMILES string of the molecule is CCOC(=O)CCNC(=O)C1COC(C)C1. The van der Waals surface area contributed by atoms with Crippen molar-refractivity contribution in [2.45, 2.75) is 32.8 Å². The lowest BCUT2D eigenvalue weighted by Crippen LogP contribution is -2.32. The van der Waals surface area contributed by atoms with Gasteiger partial charge in [-0.2, -0.15) is 0 Å². The molecule has 2 atom stereocenters. The summed E-state index contributed by atoms with van der Waals surface area (Å²) < 4.78 is 10.1. The zero-order chi connectivity index (χ0) is 12.0. The molecule has 0 aromatic heterocycles. The number of esters is 1. The summed E-state index contributed by atoms with van der Waals surface area (Å²) in [6.45, 7) is 4.90. The average molecular weight is 229 g/mol. The highest BCUT2D eigenvalue weighted by molar-refractivity contribution is 5.79. The molecule has 1 N–H and O–H groups in total. The molecule has 0 radical (unpaired) electrons. The van der Waals surface area contributed by atoms with Crippen LogP contribution in [0.15, 0.2) is 0 Å². The summed E-state index contributed by atoms with van der Waals surface area (Å²) in [6.07, 6.45) is 1.13. The maximum Gasteiger partial charge on any atom is 0.307 e. The van der Waals surface area contributed by atoms with Crippen LogP contribution in [0.2, 0.25) is 0 Å². The summed E-state index contributed by atoms with van der Waals surface area (Å²) in [7, 11) is 0. The van der Waals surface area contributed by atoms with E-state index >= 15 is 0 Å². The Labute approximate surface area is 95.5 Å². The summed E-state index contributed by atoms with van der Waals surface area (Å²) in [5.41, 5.74) is 0. The Bertz CT molecular complexity index is 254. The molecular weight excluding hydrogens is 210 g/mol. The normalized spacial score (nSPS) is 24.1. The molecule has 1 saturated heterocycles. The molecule has 0 aromatic rings. The van der Waals surface area contributed by atoms with Gasteiger partial charge in [-0.3, -0.25) is 9.59 Å². The van der Waals surface area contributed by atoms with Gasteiger partial charge in [0.25, 0.3) is 0 Å². The van der Waals surface area contributed by atoms with Crippen LogP contribution in [0.25, 0.3) is 0 Å². The third-order valence-corrected chi connectivity index (χ3v) is 2.50. The van der Waals surface area contributed by atoms with Gasteiger partial charge < -0.3 is 14.8 Å². The first-order chi connectivity index (χ1) is 7.63. The molecule has 1 fully saturated rings. The van der Waals surface area contributed by atoms with Crippen LogP contribution in [0.5, 0.6) is 0 Å². The van der Waals surface area contributed by atoms with Gasteiger partial charge in [-0.15, -0.1) is 0 Å². The molecule has 2 unspecified atom stereocenters. The smallest absolute Gasteiger partial charge is 0.307 e. The van der Waals surface area contributed by atoms with Crippen molar-refractivity contribution in [2.75, 3.05) is 19.8 Å². The Balaban J connectivity index is 2.13. The van der Waals surface area contributed by atoms with Crippen LogP contribution in [0.4, 0.5) is 0 Å². The first kappa shape index (κ1) is 13.0. The first-order valence-electron chi connectivity index (χ1n) is 5.68. The molecule has 16 heavy (non-hydrogen) atoms. The molecule has 0 spiro atoms. The van der Waals surface area contributed by atoms with Crippen molar-refractivity contribution >= 4 is 11.9 Å². The van der Waals surface area contributed by atoms with Crippen LogP contribution in [-0.4, -0.2) is 37.7 Å². The van der Waals surface area contributed by atoms with E-state index in [-0.39, 0.29) is 30.3 Å². The van der Waals surface area contributed by atoms with E-state index in [1.165, 1.54) is 0 Å². The molecule has 0 bridgehead atoms. The Morgan fingerprint density at radius 3 is 2.81 bits per heavy atom. The topological polar surface area (TPSA) is 64.6 Å². The summed E-state index contributed by atoms with van der Waals surface area (Å²) in [5, 5.41) is 2.71. The monoisotopic (exact) mass is 229 g/mol. The number of nitrogens with one attached hydrogen (secondary N) is 1. The van der Waals surface area contributed by atoms with Crippen LogP contribution in [0.3, 0.4) is 0 Å². The van der Waals surface area contributed by atoms with Crippen LogP contribution >= 0.6 is 0 Å². The number of hydrogen-bond acceptors (Lipinski definition) is 4. The number of carbonyl (C=O) groups excluding carboxylic acids is 2. The lowest BCUT2D eigenvalue weighted by molar-refractivity contribution is -0.143. The summed E-state index contributed by atoms with van der Waals surface area (Å²) >= 11 is 0. The number of rotatable bonds is 5. The first-order valence-corrected chi connectivity index (χ1v) is 5.68. The third-order valence-electron chi connectivity index (χ3n) is 2.50. The van der Waals surface area contributed by atoms with Gasteiger partial charge in [0.05, 0.1) is 31.7 Å². The van der Waals surface area contributed by atoms with Gasteiger partial charge in [-0.05, 0) is 20.3 Å². The van der Waals surface area contributed by atoms with Crippen molar-refractivity contribution < 1.29 is 19.1 Å². The average Bonchev–Trinajstić information content (AvgIpc) is 2.65. The fraction of sp³-hybridized carbons (Fsp3) is 0.818. The number of carbonyl (C=O) groups is 2.